The van der Waals surface area contributed by atoms with Gasteiger partial charge < -0.3 is 14.5 Å². The van der Waals surface area contributed by atoms with Crippen molar-refractivity contribution in [3.05, 3.63) is 54.1 Å². The van der Waals surface area contributed by atoms with Crippen LogP contribution in [0.5, 0.6) is 5.75 Å². The molecule has 5 heteroatoms. The molecule has 0 saturated carbocycles. The van der Waals surface area contributed by atoms with Gasteiger partial charge in [-0.05, 0) is 43.5 Å². The van der Waals surface area contributed by atoms with Crippen molar-refractivity contribution in [1.82, 2.24) is 4.90 Å². The second kappa shape index (κ2) is 9.98. The van der Waals surface area contributed by atoms with Crippen LogP contribution in [-0.4, -0.2) is 56.7 Å². The maximum atomic E-state index is 12.3. The average Bonchev–Trinajstić information content (AvgIpc) is 2.80. The summed E-state index contributed by atoms with van der Waals surface area (Å²) < 4.78 is 6.17. The molecule has 0 radical (unpaired) electrons. The van der Waals surface area contributed by atoms with Crippen LogP contribution in [0.4, 0.5) is 11.4 Å². The molecule has 30 heavy (non-hydrogen) atoms. The van der Waals surface area contributed by atoms with Gasteiger partial charge in [-0.3, -0.25) is 9.69 Å². The van der Waals surface area contributed by atoms with E-state index in [1.807, 2.05) is 11.0 Å². The molecule has 1 fully saturated rings. The number of carbonyl (C=O) groups excluding carboxylic acids is 1. The molecule has 160 valence electrons. The first kappa shape index (κ1) is 20.7. The molecule has 4 rings (SSSR count). The number of nitrogens with zero attached hydrogens (tertiary/aromatic N) is 3. The predicted molar refractivity (Wildman–Crippen MR) is 123 cm³/mol. The number of fused-ring (bicyclic) bond motifs is 1. The number of anilines is 2. The van der Waals surface area contributed by atoms with Crippen LogP contribution >= 0.6 is 0 Å². The van der Waals surface area contributed by atoms with Crippen molar-refractivity contribution in [2.24, 2.45) is 0 Å². The van der Waals surface area contributed by atoms with E-state index in [0.717, 1.165) is 76.6 Å². The Kier molecular flexibility index (Phi) is 6.90. The Morgan fingerprint density at radius 1 is 0.900 bits per heavy atom. The highest BCUT2D eigenvalue weighted by atomic mass is 16.5. The highest BCUT2D eigenvalue weighted by Gasteiger charge is 2.25. The first-order valence-corrected chi connectivity index (χ1v) is 11.3. The molecule has 1 saturated heterocycles. The third kappa shape index (κ3) is 4.78. The summed E-state index contributed by atoms with van der Waals surface area (Å²) >= 11 is 0. The molecular weight excluding hydrogens is 374 g/mol. The summed E-state index contributed by atoms with van der Waals surface area (Å²) in [4.78, 5) is 19.2. The predicted octanol–water partition coefficient (Wildman–Crippen LogP) is 3.97. The zero-order valence-corrected chi connectivity index (χ0v) is 18.1. The smallest absolute Gasteiger partial charge is 0.227 e. The lowest BCUT2D eigenvalue weighted by Gasteiger charge is -2.36. The highest BCUT2D eigenvalue weighted by molar-refractivity contribution is 5.96. The molecule has 0 N–H and O–H groups in total. The van der Waals surface area contributed by atoms with Gasteiger partial charge in [0.1, 0.15) is 5.75 Å². The Morgan fingerprint density at radius 2 is 1.70 bits per heavy atom. The van der Waals surface area contributed by atoms with Gasteiger partial charge in [0.05, 0.1) is 12.3 Å². The van der Waals surface area contributed by atoms with E-state index in [9.17, 15) is 4.79 Å². The molecule has 1 amide bonds. The van der Waals surface area contributed by atoms with Crippen LogP contribution in [0, 0.1) is 0 Å². The van der Waals surface area contributed by atoms with Gasteiger partial charge in [-0.25, -0.2) is 0 Å². The summed E-state index contributed by atoms with van der Waals surface area (Å²) in [6.45, 7) is 9.05. The Bertz CT molecular complexity index is 832. The minimum Gasteiger partial charge on any atom is -0.493 e. The average molecular weight is 408 g/mol. The second-order valence-electron chi connectivity index (χ2n) is 8.17. The van der Waals surface area contributed by atoms with Crippen molar-refractivity contribution in [1.29, 1.82) is 0 Å². The number of rotatable bonds is 8. The largest absolute Gasteiger partial charge is 0.493 e. The summed E-state index contributed by atoms with van der Waals surface area (Å²) in [5, 5.41) is 0. The van der Waals surface area contributed by atoms with Crippen molar-refractivity contribution in [3.63, 3.8) is 0 Å². The maximum absolute atomic E-state index is 12.3. The summed E-state index contributed by atoms with van der Waals surface area (Å²) in [6, 6.07) is 16.8. The van der Waals surface area contributed by atoms with Gasteiger partial charge >= 0.3 is 0 Å². The zero-order chi connectivity index (χ0) is 20.8. The third-order valence-corrected chi connectivity index (χ3v) is 6.11. The Balaban J connectivity index is 1.24. The first-order chi connectivity index (χ1) is 14.8. The van der Waals surface area contributed by atoms with E-state index in [-0.39, 0.29) is 5.91 Å². The van der Waals surface area contributed by atoms with Gasteiger partial charge in [0.2, 0.25) is 5.91 Å². The van der Waals surface area contributed by atoms with Gasteiger partial charge in [0.25, 0.3) is 0 Å². The number of benzene rings is 2. The SMILES string of the molecule is CCCN1C(=O)CCc2c(OCCCN3CCN(c4ccccc4)CC3)cccc21. The molecule has 5 nitrogen and oxygen atoms in total. The maximum Gasteiger partial charge on any atom is 0.227 e. The van der Waals surface area contributed by atoms with Crippen molar-refractivity contribution in [2.45, 2.75) is 32.6 Å². The van der Waals surface area contributed by atoms with E-state index in [1.54, 1.807) is 0 Å². The van der Waals surface area contributed by atoms with Crippen LogP contribution in [0.1, 0.15) is 31.7 Å². The van der Waals surface area contributed by atoms with Gasteiger partial charge in [-0.2, -0.15) is 0 Å². The first-order valence-electron chi connectivity index (χ1n) is 11.3. The molecule has 0 unspecified atom stereocenters. The number of ether oxygens (including phenoxy) is 1. The summed E-state index contributed by atoms with van der Waals surface area (Å²) in [5.74, 6) is 1.19. The number of hydrogen-bond acceptors (Lipinski definition) is 4. The standard InChI is InChI=1S/C25H33N3O2/c1-2-14-28-23-10-6-11-24(22(23)12-13-25(28)29)30-20-7-15-26-16-18-27(19-17-26)21-8-4-3-5-9-21/h3-6,8-11H,2,7,12-20H2,1H3. The molecule has 0 atom stereocenters. The van der Waals surface area contributed by atoms with Crippen molar-refractivity contribution < 1.29 is 9.53 Å². The lowest BCUT2D eigenvalue weighted by atomic mass is 10.00. The molecule has 2 aliphatic rings. The molecule has 2 aromatic rings. The van der Waals surface area contributed by atoms with Crippen LogP contribution in [0.25, 0.3) is 0 Å². The fraction of sp³-hybridized carbons (Fsp3) is 0.480. The fourth-order valence-corrected chi connectivity index (χ4v) is 4.50. The van der Waals surface area contributed by atoms with E-state index in [0.29, 0.717) is 6.42 Å². The topological polar surface area (TPSA) is 36.0 Å². The molecule has 0 aromatic heterocycles. The second-order valence-corrected chi connectivity index (χ2v) is 8.17. The molecule has 0 bridgehead atoms. The quantitative estimate of drug-likeness (QED) is 0.621. The molecule has 2 aliphatic heterocycles. The van der Waals surface area contributed by atoms with Gasteiger partial charge in [0.15, 0.2) is 0 Å². The minimum absolute atomic E-state index is 0.233. The van der Waals surface area contributed by atoms with Crippen molar-refractivity contribution >= 4 is 17.3 Å². The number of carbonyl (C=O) groups is 1. The molecule has 2 heterocycles. The molecule has 0 spiro atoms. The Hall–Kier alpha value is -2.53. The fourth-order valence-electron chi connectivity index (χ4n) is 4.50. The van der Waals surface area contributed by atoms with Crippen molar-refractivity contribution in [3.8, 4) is 5.75 Å². The van der Waals surface area contributed by atoms with Crippen LogP contribution in [0.15, 0.2) is 48.5 Å². The number of piperazine rings is 1. The monoisotopic (exact) mass is 407 g/mol. The van der Waals surface area contributed by atoms with E-state index in [4.69, 9.17) is 4.74 Å². The van der Waals surface area contributed by atoms with Crippen LogP contribution in [-0.2, 0) is 11.2 Å². The van der Waals surface area contributed by atoms with Crippen LogP contribution < -0.4 is 14.5 Å². The van der Waals surface area contributed by atoms with Gasteiger partial charge in [-0.15, -0.1) is 0 Å². The van der Waals surface area contributed by atoms with Crippen LogP contribution in [0.3, 0.4) is 0 Å². The summed E-state index contributed by atoms with van der Waals surface area (Å²) in [7, 11) is 0. The van der Waals surface area contributed by atoms with E-state index in [1.165, 1.54) is 11.3 Å². The zero-order valence-electron chi connectivity index (χ0n) is 18.1. The van der Waals surface area contributed by atoms with Gasteiger partial charge in [-0.1, -0.05) is 31.2 Å². The summed E-state index contributed by atoms with van der Waals surface area (Å²) in [5.41, 5.74) is 3.56. The minimum atomic E-state index is 0.233. The normalized spacial score (nSPS) is 17.2. The highest BCUT2D eigenvalue weighted by Crippen LogP contribution is 2.34. The van der Waals surface area contributed by atoms with Crippen LogP contribution in [0.2, 0.25) is 0 Å². The lowest BCUT2D eigenvalue weighted by Crippen LogP contribution is -2.46. The van der Waals surface area contributed by atoms with Gasteiger partial charge in [0, 0.05) is 56.9 Å². The molecular formula is C25H33N3O2. The number of para-hydroxylation sites is 1. The number of amides is 1. The van der Waals surface area contributed by atoms with E-state index >= 15 is 0 Å². The molecule has 0 aliphatic carbocycles. The third-order valence-electron chi connectivity index (χ3n) is 6.11. The summed E-state index contributed by atoms with van der Waals surface area (Å²) in [6.07, 6.45) is 3.35. The van der Waals surface area contributed by atoms with Crippen molar-refractivity contribution in [2.75, 3.05) is 55.7 Å². The van der Waals surface area contributed by atoms with E-state index in [2.05, 4.69) is 59.2 Å². The Labute approximate surface area is 180 Å². The molecule has 2 aromatic carbocycles. The number of hydrogen-bond donors (Lipinski definition) is 0. The Morgan fingerprint density at radius 3 is 2.47 bits per heavy atom. The lowest BCUT2D eigenvalue weighted by molar-refractivity contribution is -0.118. The van der Waals surface area contributed by atoms with E-state index < -0.39 is 0 Å².